The van der Waals surface area contributed by atoms with Crippen LogP contribution in [0.15, 0.2) is 0 Å². The van der Waals surface area contributed by atoms with Crippen LogP contribution in [0.2, 0.25) is 0 Å². The number of nitrogens with two attached hydrogens (primary N) is 1. The van der Waals surface area contributed by atoms with Gasteiger partial charge in [-0.15, -0.1) is 0 Å². The third-order valence-corrected chi connectivity index (χ3v) is 3.50. The summed E-state index contributed by atoms with van der Waals surface area (Å²) < 4.78 is 16.0. The molecule has 0 aromatic carbocycles. The van der Waals surface area contributed by atoms with Gasteiger partial charge in [-0.2, -0.15) is 0 Å². The number of rotatable bonds is 9. The number of hydrogen-bond acceptors (Lipinski definition) is 4. The maximum Gasteiger partial charge on any atom is 0.0701 e. The van der Waals surface area contributed by atoms with E-state index in [1.165, 1.54) is 25.7 Å². The minimum atomic E-state index is -0.0907. The Labute approximate surface area is 111 Å². The van der Waals surface area contributed by atoms with E-state index < -0.39 is 0 Å². The standard InChI is InChI=1S/C14H29NO3/c1-16-9-6-10-17-11-12-18-13-14(15)7-4-2-3-5-8-14/h2-13,15H2,1H3. The van der Waals surface area contributed by atoms with Crippen LogP contribution in [0.1, 0.15) is 44.9 Å². The Balaban J connectivity index is 1.95. The molecular formula is C14H29NO3. The Hall–Kier alpha value is -0.160. The molecule has 0 unspecified atom stereocenters. The van der Waals surface area contributed by atoms with Gasteiger partial charge in [0.2, 0.25) is 0 Å². The molecule has 4 heteroatoms. The second-order valence-electron chi connectivity index (χ2n) is 5.29. The molecule has 0 saturated heterocycles. The molecule has 1 rings (SSSR count). The second-order valence-corrected chi connectivity index (χ2v) is 5.29. The molecule has 0 aromatic heterocycles. The predicted octanol–water partition coefficient (Wildman–Crippen LogP) is 2.11. The van der Waals surface area contributed by atoms with Crippen molar-refractivity contribution in [3.05, 3.63) is 0 Å². The second kappa shape index (κ2) is 9.73. The van der Waals surface area contributed by atoms with Gasteiger partial charge in [-0.1, -0.05) is 25.7 Å². The summed E-state index contributed by atoms with van der Waals surface area (Å²) in [4.78, 5) is 0. The first-order chi connectivity index (χ1) is 8.77. The molecule has 18 heavy (non-hydrogen) atoms. The minimum Gasteiger partial charge on any atom is -0.385 e. The van der Waals surface area contributed by atoms with E-state index in [2.05, 4.69) is 0 Å². The fourth-order valence-corrected chi connectivity index (χ4v) is 2.38. The van der Waals surface area contributed by atoms with Crippen LogP contribution in [0, 0.1) is 0 Å². The summed E-state index contributed by atoms with van der Waals surface area (Å²) in [6.45, 7) is 3.47. The molecule has 0 aromatic rings. The van der Waals surface area contributed by atoms with Crippen molar-refractivity contribution in [3.63, 3.8) is 0 Å². The molecule has 4 nitrogen and oxygen atoms in total. The van der Waals surface area contributed by atoms with Gasteiger partial charge in [-0.05, 0) is 19.3 Å². The molecule has 0 atom stereocenters. The van der Waals surface area contributed by atoms with E-state index in [1.807, 2.05) is 0 Å². The average molecular weight is 259 g/mol. The molecule has 0 bridgehead atoms. The first kappa shape index (κ1) is 15.9. The first-order valence-corrected chi connectivity index (χ1v) is 7.20. The smallest absolute Gasteiger partial charge is 0.0701 e. The van der Waals surface area contributed by atoms with Gasteiger partial charge in [0.15, 0.2) is 0 Å². The van der Waals surface area contributed by atoms with Crippen LogP contribution in [-0.2, 0) is 14.2 Å². The highest BCUT2D eigenvalue weighted by molar-refractivity contribution is 4.85. The average Bonchev–Trinajstić information content (AvgIpc) is 2.58. The Morgan fingerprint density at radius 2 is 1.56 bits per heavy atom. The zero-order chi connectivity index (χ0) is 13.1. The molecule has 0 heterocycles. The normalized spacial score (nSPS) is 19.7. The summed E-state index contributed by atoms with van der Waals surface area (Å²) in [5.41, 5.74) is 6.27. The zero-order valence-corrected chi connectivity index (χ0v) is 11.8. The Bertz CT molecular complexity index is 191. The van der Waals surface area contributed by atoms with Gasteiger partial charge < -0.3 is 19.9 Å². The third-order valence-electron chi connectivity index (χ3n) is 3.50. The zero-order valence-electron chi connectivity index (χ0n) is 11.8. The van der Waals surface area contributed by atoms with Crippen molar-refractivity contribution in [2.45, 2.75) is 50.5 Å². The fraction of sp³-hybridized carbons (Fsp3) is 1.00. The van der Waals surface area contributed by atoms with Gasteiger partial charge in [0.1, 0.15) is 0 Å². The Morgan fingerprint density at radius 1 is 0.889 bits per heavy atom. The van der Waals surface area contributed by atoms with Crippen molar-refractivity contribution >= 4 is 0 Å². The monoisotopic (exact) mass is 259 g/mol. The van der Waals surface area contributed by atoms with E-state index in [-0.39, 0.29) is 5.54 Å². The van der Waals surface area contributed by atoms with Crippen molar-refractivity contribution in [2.24, 2.45) is 5.73 Å². The fourth-order valence-electron chi connectivity index (χ4n) is 2.38. The molecule has 108 valence electrons. The van der Waals surface area contributed by atoms with Crippen LogP contribution in [0.25, 0.3) is 0 Å². The lowest BCUT2D eigenvalue weighted by atomic mass is 9.93. The van der Waals surface area contributed by atoms with E-state index in [4.69, 9.17) is 19.9 Å². The number of ether oxygens (including phenoxy) is 3. The van der Waals surface area contributed by atoms with E-state index in [0.717, 1.165) is 32.5 Å². The highest BCUT2D eigenvalue weighted by Crippen LogP contribution is 2.25. The molecule has 1 aliphatic rings. The molecule has 0 spiro atoms. The summed E-state index contributed by atoms with van der Waals surface area (Å²) in [7, 11) is 1.70. The lowest BCUT2D eigenvalue weighted by Crippen LogP contribution is -2.44. The Morgan fingerprint density at radius 3 is 2.22 bits per heavy atom. The molecule has 1 fully saturated rings. The lowest BCUT2D eigenvalue weighted by molar-refractivity contribution is 0.0193. The maximum atomic E-state index is 6.36. The highest BCUT2D eigenvalue weighted by Gasteiger charge is 2.26. The molecular weight excluding hydrogens is 230 g/mol. The predicted molar refractivity (Wildman–Crippen MR) is 72.8 cm³/mol. The SMILES string of the molecule is COCCCOCCOCC1(N)CCCCCC1. The Kier molecular flexibility index (Phi) is 8.59. The van der Waals surface area contributed by atoms with E-state index in [1.54, 1.807) is 7.11 Å². The molecule has 0 aliphatic heterocycles. The van der Waals surface area contributed by atoms with Crippen LogP contribution in [0.5, 0.6) is 0 Å². The summed E-state index contributed by atoms with van der Waals surface area (Å²) in [5, 5.41) is 0. The first-order valence-electron chi connectivity index (χ1n) is 7.20. The van der Waals surface area contributed by atoms with Crippen molar-refractivity contribution < 1.29 is 14.2 Å². The van der Waals surface area contributed by atoms with E-state index >= 15 is 0 Å². The van der Waals surface area contributed by atoms with Crippen LogP contribution < -0.4 is 5.73 Å². The van der Waals surface area contributed by atoms with Gasteiger partial charge >= 0.3 is 0 Å². The van der Waals surface area contributed by atoms with Gasteiger partial charge in [-0.25, -0.2) is 0 Å². The molecule has 1 aliphatic carbocycles. The van der Waals surface area contributed by atoms with Crippen molar-refractivity contribution in [3.8, 4) is 0 Å². The molecule has 1 saturated carbocycles. The van der Waals surface area contributed by atoms with Crippen LogP contribution in [0.3, 0.4) is 0 Å². The number of hydrogen-bond donors (Lipinski definition) is 1. The highest BCUT2D eigenvalue weighted by atomic mass is 16.5. The van der Waals surface area contributed by atoms with Gasteiger partial charge in [0.25, 0.3) is 0 Å². The quantitative estimate of drug-likeness (QED) is 0.509. The van der Waals surface area contributed by atoms with Crippen molar-refractivity contribution in [1.82, 2.24) is 0 Å². The van der Waals surface area contributed by atoms with Crippen LogP contribution in [-0.4, -0.2) is 45.7 Å². The van der Waals surface area contributed by atoms with Gasteiger partial charge in [-0.3, -0.25) is 0 Å². The largest absolute Gasteiger partial charge is 0.385 e. The summed E-state index contributed by atoms with van der Waals surface area (Å²) in [6.07, 6.45) is 8.27. The summed E-state index contributed by atoms with van der Waals surface area (Å²) in [6, 6.07) is 0. The third kappa shape index (κ3) is 7.31. The van der Waals surface area contributed by atoms with E-state index in [9.17, 15) is 0 Å². The van der Waals surface area contributed by atoms with Crippen LogP contribution in [0.4, 0.5) is 0 Å². The van der Waals surface area contributed by atoms with Crippen molar-refractivity contribution in [1.29, 1.82) is 0 Å². The van der Waals surface area contributed by atoms with Crippen LogP contribution >= 0.6 is 0 Å². The lowest BCUT2D eigenvalue weighted by Gasteiger charge is -2.27. The summed E-state index contributed by atoms with van der Waals surface area (Å²) >= 11 is 0. The molecule has 0 radical (unpaired) electrons. The van der Waals surface area contributed by atoms with E-state index in [0.29, 0.717) is 19.8 Å². The topological polar surface area (TPSA) is 53.7 Å². The van der Waals surface area contributed by atoms with Gasteiger partial charge in [0, 0.05) is 25.9 Å². The molecule has 2 N–H and O–H groups in total. The molecule has 0 amide bonds. The summed E-state index contributed by atoms with van der Waals surface area (Å²) in [5.74, 6) is 0. The maximum absolute atomic E-state index is 6.36. The van der Waals surface area contributed by atoms with Crippen molar-refractivity contribution in [2.75, 3.05) is 40.1 Å². The number of methoxy groups -OCH3 is 1. The van der Waals surface area contributed by atoms with Gasteiger partial charge in [0.05, 0.1) is 19.8 Å². The minimum absolute atomic E-state index is 0.0907.